The van der Waals surface area contributed by atoms with E-state index in [9.17, 15) is 4.79 Å². The molecule has 2 amide bonds. The van der Waals surface area contributed by atoms with Crippen LogP contribution in [0.3, 0.4) is 0 Å². The molecule has 0 aromatic heterocycles. The molecule has 1 rings (SSSR count). The lowest BCUT2D eigenvalue weighted by Crippen LogP contribution is -2.48. The van der Waals surface area contributed by atoms with Crippen molar-refractivity contribution in [2.45, 2.75) is 18.9 Å². The summed E-state index contributed by atoms with van der Waals surface area (Å²) in [6.45, 7) is 1.64. The summed E-state index contributed by atoms with van der Waals surface area (Å²) >= 11 is 0. The lowest BCUT2D eigenvalue weighted by molar-refractivity contribution is 0.242. The highest BCUT2D eigenvalue weighted by atomic mass is 16.2. The van der Waals surface area contributed by atoms with Gasteiger partial charge in [0.2, 0.25) is 0 Å². The van der Waals surface area contributed by atoms with Crippen LogP contribution in [0.4, 0.5) is 4.79 Å². The number of nitrogens with one attached hydrogen (secondary N) is 1. The van der Waals surface area contributed by atoms with Gasteiger partial charge >= 0.3 is 6.03 Å². The first kappa shape index (κ1) is 11.1. The van der Waals surface area contributed by atoms with Crippen LogP contribution >= 0.6 is 0 Å². The van der Waals surface area contributed by atoms with Crippen molar-refractivity contribution in [2.75, 3.05) is 0 Å². The van der Waals surface area contributed by atoms with E-state index in [-0.39, 0.29) is 0 Å². The van der Waals surface area contributed by atoms with Crippen LogP contribution in [0.2, 0.25) is 0 Å². The topological polar surface area (TPSA) is 78.9 Å². The minimum atomic E-state index is -0.951. The van der Waals surface area contributed by atoms with E-state index in [1.165, 1.54) is 0 Å². The SMILES string of the molecule is C[C@@](C#N)(Cc1ccccc1)NC(N)=O. The molecule has 0 saturated carbocycles. The van der Waals surface area contributed by atoms with Gasteiger partial charge in [0.05, 0.1) is 6.07 Å². The zero-order valence-electron chi connectivity index (χ0n) is 8.53. The molecule has 0 heterocycles. The Bertz CT molecular complexity index is 383. The van der Waals surface area contributed by atoms with Gasteiger partial charge in [-0.1, -0.05) is 30.3 Å². The van der Waals surface area contributed by atoms with E-state index >= 15 is 0 Å². The highest BCUT2D eigenvalue weighted by Crippen LogP contribution is 2.11. The Kier molecular flexibility index (Phi) is 3.29. The summed E-state index contributed by atoms with van der Waals surface area (Å²) in [6, 6.07) is 10.8. The third kappa shape index (κ3) is 3.31. The Labute approximate surface area is 88.7 Å². The molecule has 1 aromatic carbocycles. The van der Waals surface area contributed by atoms with Crippen molar-refractivity contribution in [1.29, 1.82) is 5.26 Å². The van der Waals surface area contributed by atoms with E-state index in [1.807, 2.05) is 36.4 Å². The molecular formula is C11H13N3O. The van der Waals surface area contributed by atoms with Crippen molar-refractivity contribution in [3.63, 3.8) is 0 Å². The fourth-order valence-corrected chi connectivity index (χ4v) is 1.39. The minimum Gasteiger partial charge on any atom is -0.352 e. The second kappa shape index (κ2) is 4.47. The van der Waals surface area contributed by atoms with E-state index in [0.29, 0.717) is 6.42 Å². The Balaban J connectivity index is 2.78. The first-order valence-electron chi connectivity index (χ1n) is 4.58. The Hall–Kier alpha value is -2.02. The average Bonchev–Trinajstić information content (AvgIpc) is 2.18. The van der Waals surface area contributed by atoms with E-state index < -0.39 is 11.6 Å². The van der Waals surface area contributed by atoms with Crippen LogP contribution in [0.1, 0.15) is 12.5 Å². The highest BCUT2D eigenvalue weighted by Gasteiger charge is 2.25. The van der Waals surface area contributed by atoms with E-state index in [0.717, 1.165) is 5.56 Å². The molecule has 0 saturated heterocycles. The Morgan fingerprint density at radius 1 is 1.53 bits per heavy atom. The number of hydrogen-bond acceptors (Lipinski definition) is 2. The maximum absolute atomic E-state index is 10.7. The number of rotatable bonds is 3. The van der Waals surface area contributed by atoms with Crippen LogP contribution in [0.25, 0.3) is 0 Å². The molecule has 0 fully saturated rings. The molecule has 0 aliphatic rings. The van der Waals surface area contributed by atoms with Crippen molar-refractivity contribution in [2.24, 2.45) is 5.73 Å². The van der Waals surface area contributed by atoms with Gasteiger partial charge in [-0.25, -0.2) is 4.79 Å². The van der Waals surface area contributed by atoms with Gasteiger partial charge in [0, 0.05) is 6.42 Å². The third-order valence-corrected chi connectivity index (χ3v) is 2.05. The van der Waals surface area contributed by atoms with Crippen molar-refractivity contribution in [3.05, 3.63) is 35.9 Å². The summed E-state index contributed by atoms with van der Waals surface area (Å²) in [5.74, 6) is 0. The van der Waals surface area contributed by atoms with Gasteiger partial charge < -0.3 is 11.1 Å². The molecule has 0 bridgehead atoms. The van der Waals surface area contributed by atoms with Gasteiger partial charge in [-0.3, -0.25) is 0 Å². The molecule has 0 aliphatic heterocycles. The first-order chi connectivity index (χ1) is 7.06. The van der Waals surface area contributed by atoms with Crippen LogP contribution in [0, 0.1) is 11.3 Å². The monoisotopic (exact) mass is 203 g/mol. The number of nitrogens with two attached hydrogens (primary N) is 1. The predicted octanol–water partition coefficient (Wildman–Crippen LogP) is 1.18. The molecule has 78 valence electrons. The summed E-state index contributed by atoms with van der Waals surface area (Å²) in [4.78, 5) is 10.7. The molecule has 0 radical (unpaired) electrons. The number of benzene rings is 1. The van der Waals surface area contributed by atoms with Gasteiger partial charge in [0.1, 0.15) is 5.54 Å². The molecule has 1 aromatic rings. The largest absolute Gasteiger partial charge is 0.352 e. The summed E-state index contributed by atoms with van der Waals surface area (Å²) < 4.78 is 0. The second-order valence-electron chi connectivity index (χ2n) is 3.60. The normalized spacial score (nSPS) is 13.6. The van der Waals surface area contributed by atoms with Crippen LogP contribution in [-0.2, 0) is 6.42 Å². The summed E-state index contributed by atoms with van der Waals surface area (Å²) in [5, 5.41) is 11.4. The van der Waals surface area contributed by atoms with Crippen molar-refractivity contribution >= 4 is 6.03 Å². The van der Waals surface area contributed by atoms with Crippen LogP contribution in [-0.4, -0.2) is 11.6 Å². The summed E-state index contributed by atoms with van der Waals surface area (Å²) in [6.07, 6.45) is 0.438. The molecule has 1 atom stereocenters. The van der Waals surface area contributed by atoms with Crippen molar-refractivity contribution in [1.82, 2.24) is 5.32 Å². The minimum absolute atomic E-state index is 0.438. The molecule has 4 nitrogen and oxygen atoms in total. The van der Waals surface area contributed by atoms with E-state index in [1.54, 1.807) is 6.92 Å². The van der Waals surface area contributed by atoms with Gasteiger partial charge in [-0.2, -0.15) is 5.26 Å². The molecule has 4 heteroatoms. The quantitative estimate of drug-likeness (QED) is 0.773. The van der Waals surface area contributed by atoms with Crippen LogP contribution in [0.15, 0.2) is 30.3 Å². The van der Waals surface area contributed by atoms with Gasteiger partial charge in [0.15, 0.2) is 0 Å². The molecule has 0 spiro atoms. The van der Waals surface area contributed by atoms with Crippen molar-refractivity contribution < 1.29 is 4.79 Å². The maximum atomic E-state index is 10.7. The maximum Gasteiger partial charge on any atom is 0.313 e. The van der Waals surface area contributed by atoms with E-state index in [2.05, 4.69) is 5.32 Å². The number of primary amides is 1. The molecular weight excluding hydrogens is 190 g/mol. The zero-order valence-corrected chi connectivity index (χ0v) is 8.53. The number of hydrogen-bond donors (Lipinski definition) is 2. The smallest absolute Gasteiger partial charge is 0.313 e. The fourth-order valence-electron chi connectivity index (χ4n) is 1.39. The predicted molar refractivity (Wildman–Crippen MR) is 56.9 cm³/mol. The third-order valence-electron chi connectivity index (χ3n) is 2.05. The molecule has 15 heavy (non-hydrogen) atoms. The standard InChI is InChI=1S/C11H13N3O/c1-11(8-12,14-10(13)15)7-9-5-3-2-4-6-9/h2-6H,7H2,1H3,(H3,13,14,15)/t11-/m0/s1. The first-order valence-corrected chi connectivity index (χ1v) is 4.58. The molecule has 0 aliphatic carbocycles. The van der Waals surface area contributed by atoms with Gasteiger partial charge in [-0.15, -0.1) is 0 Å². The molecule has 0 unspecified atom stereocenters. The van der Waals surface area contributed by atoms with E-state index in [4.69, 9.17) is 11.0 Å². The number of urea groups is 1. The lowest BCUT2D eigenvalue weighted by Gasteiger charge is -2.21. The summed E-state index contributed by atoms with van der Waals surface area (Å²) in [5.41, 5.74) is 5.04. The van der Waals surface area contributed by atoms with Crippen LogP contribution < -0.4 is 11.1 Å². The number of nitriles is 1. The van der Waals surface area contributed by atoms with Gasteiger partial charge in [-0.05, 0) is 12.5 Å². The second-order valence-corrected chi connectivity index (χ2v) is 3.60. The number of carbonyl (C=O) groups is 1. The molecule has 3 N–H and O–H groups in total. The highest BCUT2D eigenvalue weighted by molar-refractivity contribution is 5.73. The van der Waals surface area contributed by atoms with Crippen LogP contribution in [0.5, 0.6) is 0 Å². The Morgan fingerprint density at radius 3 is 2.60 bits per heavy atom. The Morgan fingerprint density at radius 2 is 2.13 bits per heavy atom. The van der Waals surface area contributed by atoms with Crippen molar-refractivity contribution in [3.8, 4) is 6.07 Å². The lowest BCUT2D eigenvalue weighted by atomic mass is 9.94. The summed E-state index contributed by atoms with van der Waals surface area (Å²) in [7, 11) is 0. The number of amides is 2. The zero-order chi connectivity index (χ0) is 11.3. The van der Waals surface area contributed by atoms with Gasteiger partial charge in [0.25, 0.3) is 0 Å². The number of nitrogens with zero attached hydrogens (tertiary/aromatic N) is 1. The number of carbonyl (C=O) groups excluding carboxylic acids is 1. The average molecular weight is 203 g/mol. The fraction of sp³-hybridized carbons (Fsp3) is 0.273.